The lowest BCUT2D eigenvalue weighted by Gasteiger charge is -2.34. The van der Waals surface area contributed by atoms with Crippen LogP contribution in [0, 0.1) is 0 Å². The molecule has 172 valence electrons. The Morgan fingerprint density at radius 2 is 1.88 bits per heavy atom. The van der Waals surface area contributed by atoms with Crippen molar-refractivity contribution in [3.8, 4) is 11.5 Å². The minimum absolute atomic E-state index is 0.0867. The summed E-state index contributed by atoms with van der Waals surface area (Å²) < 4.78 is 70.1. The first-order valence-corrected chi connectivity index (χ1v) is 9.85. The van der Waals surface area contributed by atoms with E-state index in [0.29, 0.717) is 24.0 Å². The lowest BCUT2D eigenvalue weighted by molar-refractivity contribution is -0.138. The van der Waals surface area contributed by atoms with Crippen LogP contribution < -0.4 is 0 Å². The van der Waals surface area contributed by atoms with E-state index in [2.05, 4.69) is 20.3 Å². The smallest absolute Gasteiger partial charge is 0.415 e. The van der Waals surface area contributed by atoms with E-state index in [9.17, 15) is 26.7 Å². The Bertz CT molecular complexity index is 1160. The molecule has 3 aromatic rings. The number of hydrazone groups is 1. The predicted molar refractivity (Wildman–Crippen MR) is 105 cm³/mol. The van der Waals surface area contributed by atoms with E-state index in [1.165, 1.54) is 18.3 Å². The van der Waals surface area contributed by atoms with Crippen molar-refractivity contribution >= 4 is 12.1 Å². The maximum Gasteiger partial charge on any atom is 0.417 e. The first kappa shape index (κ1) is 22.5. The monoisotopic (exact) mass is 465 g/mol. The highest BCUT2D eigenvalue weighted by atomic mass is 19.4. The highest BCUT2D eigenvalue weighted by Gasteiger charge is 2.38. The molecule has 1 aliphatic rings. The van der Waals surface area contributed by atoms with Crippen LogP contribution in [0.15, 0.2) is 52.2 Å². The summed E-state index contributed by atoms with van der Waals surface area (Å²) in [6.45, 7) is 0. The second-order valence-electron chi connectivity index (χ2n) is 7.27. The maximum atomic E-state index is 13.3. The Kier molecular flexibility index (Phi) is 6.16. The number of alkyl halides is 5. The van der Waals surface area contributed by atoms with Crippen molar-refractivity contribution in [2.45, 2.75) is 37.9 Å². The number of aromatic nitrogens is 3. The quantitative estimate of drug-likeness (QED) is 0.287. The van der Waals surface area contributed by atoms with E-state index in [-0.39, 0.29) is 11.9 Å². The molecule has 1 saturated carbocycles. The Morgan fingerprint density at radius 3 is 2.45 bits per heavy atom. The van der Waals surface area contributed by atoms with Crippen molar-refractivity contribution < 1.29 is 31.2 Å². The van der Waals surface area contributed by atoms with Crippen LogP contribution in [0.4, 0.5) is 22.0 Å². The van der Waals surface area contributed by atoms with E-state index >= 15 is 0 Å². The van der Waals surface area contributed by atoms with Gasteiger partial charge in [0.15, 0.2) is 0 Å². The third-order valence-electron chi connectivity index (χ3n) is 5.10. The van der Waals surface area contributed by atoms with Gasteiger partial charge in [0.05, 0.1) is 23.4 Å². The molecule has 0 bridgehead atoms. The van der Waals surface area contributed by atoms with E-state index in [1.54, 1.807) is 12.1 Å². The van der Waals surface area contributed by atoms with Gasteiger partial charge in [0.2, 0.25) is 5.89 Å². The number of benzene rings is 1. The van der Waals surface area contributed by atoms with Gasteiger partial charge in [0.25, 0.3) is 11.8 Å². The molecule has 33 heavy (non-hydrogen) atoms. The Balaban J connectivity index is 1.56. The zero-order chi connectivity index (χ0) is 23.6. The lowest BCUT2D eigenvalue weighted by Crippen LogP contribution is -2.41. The van der Waals surface area contributed by atoms with Crippen molar-refractivity contribution in [2.75, 3.05) is 0 Å². The molecule has 0 radical (unpaired) electrons. The number of nitrogens with zero attached hydrogens (tertiary/aromatic N) is 5. The van der Waals surface area contributed by atoms with Gasteiger partial charge in [-0.05, 0) is 43.0 Å². The zero-order valence-electron chi connectivity index (χ0n) is 16.8. The van der Waals surface area contributed by atoms with Crippen LogP contribution in [0.2, 0.25) is 0 Å². The molecule has 0 spiro atoms. The van der Waals surface area contributed by atoms with Crippen LogP contribution in [-0.4, -0.2) is 38.4 Å². The SMILES string of the molecule is O=C(c1cnccc1C(F)(F)F)N(/N=C/c1ccc(-c2nnc(C(F)F)o2)cc1)C1CCC1. The van der Waals surface area contributed by atoms with Crippen molar-refractivity contribution in [1.82, 2.24) is 20.2 Å². The molecular formula is C21H16F5N5O2. The molecule has 0 atom stereocenters. The van der Waals surface area contributed by atoms with Gasteiger partial charge in [-0.1, -0.05) is 12.1 Å². The van der Waals surface area contributed by atoms with Crippen molar-refractivity contribution in [2.24, 2.45) is 5.10 Å². The topological polar surface area (TPSA) is 84.5 Å². The van der Waals surface area contributed by atoms with Crippen molar-refractivity contribution in [3.05, 3.63) is 65.3 Å². The summed E-state index contributed by atoms with van der Waals surface area (Å²) in [4.78, 5) is 16.6. The maximum absolute atomic E-state index is 13.3. The molecule has 0 saturated heterocycles. The first-order valence-electron chi connectivity index (χ1n) is 9.85. The number of amides is 1. The van der Waals surface area contributed by atoms with Gasteiger partial charge >= 0.3 is 12.6 Å². The highest BCUT2D eigenvalue weighted by Crippen LogP contribution is 2.34. The van der Waals surface area contributed by atoms with Crippen LogP contribution in [0.5, 0.6) is 0 Å². The van der Waals surface area contributed by atoms with Crippen LogP contribution in [-0.2, 0) is 6.18 Å². The fourth-order valence-electron chi connectivity index (χ4n) is 3.16. The lowest BCUT2D eigenvalue weighted by atomic mass is 9.92. The van der Waals surface area contributed by atoms with Gasteiger partial charge in [-0.15, -0.1) is 10.2 Å². The summed E-state index contributed by atoms with van der Waals surface area (Å²) in [5.41, 5.74) is -0.736. The first-order chi connectivity index (χ1) is 15.7. The van der Waals surface area contributed by atoms with E-state index in [1.807, 2.05) is 0 Å². The van der Waals surface area contributed by atoms with Gasteiger partial charge in [0.1, 0.15) is 0 Å². The third-order valence-corrected chi connectivity index (χ3v) is 5.10. The van der Waals surface area contributed by atoms with E-state index < -0.39 is 35.5 Å². The molecule has 7 nitrogen and oxygen atoms in total. The molecule has 2 aromatic heterocycles. The fraction of sp³-hybridized carbons (Fsp3) is 0.286. The largest absolute Gasteiger partial charge is 0.417 e. The van der Waals surface area contributed by atoms with Crippen LogP contribution in [0.25, 0.3) is 11.5 Å². The second-order valence-corrected chi connectivity index (χ2v) is 7.27. The van der Waals surface area contributed by atoms with Crippen LogP contribution in [0.3, 0.4) is 0 Å². The number of hydrogen-bond acceptors (Lipinski definition) is 6. The van der Waals surface area contributed by atoms with Crippen molar-refractivity contribution in [3.63, 3.8) is 0 Å². The number of carbonyl (C=O) groups is 1. The molecular weight excluding hydrogens is 449 g/mol. The van der Waals surface area contributed by atoms with Gasteiger partial charge in [-0.3, -0.25) is 9.78 Å². The van der Waals surface area contributed by atoms with Gasteiger partial charge in [-0.2, -0.15) is 27.1 Å². The Labute approximate surface area is 183 Å². The summed E-state index contributed by atoms with van der Waals surface area (Å²) in [7, 11) is 0. The average molecular weight is 465 g/mol. The van der Waals surface area contributed by atoms with E-state index in [0.717, 1.165) is 29.9 Å². The molecule has 0 aliphatic heterocycles. The molecule has 1 aromatic carbocycles. The molecule has 2 heterocycles. The van der Waals surface area contributed by atoms with Gasteiger partial charge in [-0.25, -0.2) is 5.01 Å². The van der Waals surface area contributed by atoms with Gasteiger partial charge < -0.3 is 4.42 Å². The standard InChI is InChI=1S/C21H16F5N5O2/c22-17(23)19-30-29-18(33-19)13-6-4-12(5-7-13)10-28-31(14-2-1-3-14)20(32)15-11-27-9-8-16(15)21(24,25)26/h4-11,14,17H,1-3H2/b28-10+. The molecule has 0 unspecified atom stereocenters. The number of hydrogen-bond donors (Lipinski definition) is 0. The third kappa shape index (κ3) is 4.89. The van der Waals surface area contributed by atoms with Gasteiger partial charge in [0, 0.05) is 18.0 Å². The zero-order valence-corrected chi connectivity index (χ0v) is 16.8. The number of rotatable bonds is 6. The molecule has 4 rings (SSSR count). The average Bonchev–Trinajstić information content (AvgIpc) is 3.25. The predicted octanol–water partition coefficient (Wildman–Crippen LogP) is 5.12. The van der Waals surface area contributed by atoms with Crippen molar-refractivity contribution in [1.29, 1.82) is 0 Å². The second kappa shape index (κ2) is 9.04. The molecule has 12 heteroatoms. The molecule has 0 N–H and O–H groups in total. The summed E-state index contributed by atoms with van der Waals surface area (Å²) in [5, 5.41) is 12.0. The van der Waals surface area contributed by atoms with Crippen LogP contribution in [0.1, 0.15) is 53.1 Å². The molecule has 1 fully saturated rings. The minimum atomic E-state index is -4.71. The summed E-state index contributed by atoms with van der Waals surface area (Å²) >= 11 is 0. The fourth-order valence-corrected chi connectivity index (χ4v) is 3.16. The summed E-state index contributed by atoms with van der Waals surface area (Å²) in [5.74, 6) is -1.77. The summed E-state index contributed by atoms with van der Waals surface area (Å²) in [6, 6.07) is 6.64. The normalized spacial score (nSPS) is 14.6. The number of carbonyl (C=O) groups excluding carboxylic acids is 1. The molecule has 1 aliphatic carbocycles. The van der Waals surface area contributed by atoms with Crippen LogP contribution >= 0.6 is 0 Å². The highest BCUT2D eigenvalue weighted by molar-refractivity contribution is 5.96. The van der Waals surface area contributed by atoms with E-state index in [4.69, 9.17) is 4.42 Å². The summed E-state index contributed by atoms with van der Waals surface area (Å²) in [6.07, 6.45) is -2.32. The number of pyridine rings is 1. The molecule has 1 amide bonds. The Hall–Kier alpha value is -3.70. The minimum Gasteiger partial charge on any atom is -0.415 e. The number of halogens is 5. The Morgan fingerprint density at radius 1 is 1.15 bits per heavy atom.